The van der Waals surface area contributed by atoms with Gasteiger partial charge >= 0.3 is 11.7 Å². The Morgan fingerprint density at radius 1 is 1.22 bits per heavy atom. The number of aliphatic hydroxyl groups excluding tert-OH is 1. The number of para-hydroxylation sites is 1. The molecule has 3 aromatic rings. The lowest BCUT2D eigenvalue weighted by Crippen LogP contribution is -2.38. The Morgan fingerprint density at radius 2 is 1.94 bits per heavy atom. The van der Waals surface area contributed by atoms with Crippen molar-refractivity contribution in [3.05, 3.63) is 50.7 Å². The van der Waals surface area contributed by atoms with Gasteiger partial charge in [0.1, 0.15) is 18.5 Å². The molecule has 0 saturated heterocycles. The van der Waals surface area contributed by atoms with Gasteiger partial charge in [-0.3, -0.25) is 18.7 Å². The Labute approximate surface area is 188 Å². The molecule has 0 bridgehead atoms. The highest BCUT2D eigenvalue weighted by Gasteiger charge is 2.22. The van der Waals surface area contributed by atoms with Crippen molar-refractivity contribution in [2.24, 2.45) is 14.1 Å². The number of hydrogen-bond acceptors (Lipinski definition) is 8. The van der Waals surface area contributed by atoms with Crippen LogP contribution in [0.15, 0.2) is 39.0 Å². The molecule has 10 nitrogen and oxygen atoms in total. The minimum atomic E-state index is -0.976. The second-order valence-corrected chi connectivity index (χ2v) is 8.15. The summed E-state index contributed by atoms with van der Waals surface area (Å²) < 4.78 is 14.4. The Kier molecular flexibility index (Phi) is 7.41. The number of carbonyl (C=O) groups excluding carboxylic acids is 1. The largest absolute Gasteiger partial charge is 0.491 e. The summed E-state index contributed by atoms with van der Waals surface area (Å²) in [7, 11) is 2.89. The monoisotopic (exact) mass is 462 g/mol. The molecule has 0 radical (unpaired) electrons. The van der Waals surface area contributed by atoms with E-state index < -0.39 is 23.3 Å². The molecule has 2 aromatic heterocycles. The first kappa shape index (κ1) is 23.6. The van der Waals surface area contributed by atoms with Crippen LogP contribution in [0.4, 0.5) is 0 Å². The summed E-state index contributed by atoms with van der Waals surface area (Å²) in [6.45, 7) is 3.83. The van der Waals surface area contributed by atoms with Crippen molar-refractivity contribution in [1.29, 1.82) is 0 Å². The number of aromatic nitrogens is 4. The molecule has 0 amide bonds. The van der Waals surface area contributed by atoms with E-state index in [-0.39, 0.29) is 36.7 Å². The quantitative estimate of drug-likeness (QED) is 0.367. The Hall–Kier alpha value is -3.05. The third-order valence-corrected chi connectivity index (χ3v) is 5.81. The van der Waals surface area contributed by atoms with E-state index in [9.17, 15) is 19.5 Å². The van der Waals surface area contributed by atoms with Gasteiger partial charge in [-0.15, -0.1) is 0 Å². The number of carbonyl (C=O) groups is 1. The summed E-state index contributed by atoms with van der Waals surface area (Å²) in [6.07, 6.45) is -0.976. The van der Waals surface area contributed by atoms with E-state index in [0.29, 0.717) is 10.9 Å². The number of aliphatic hydroxyl groups is 1. The van der Waals surface area contributed by atoms with Gasteiger partial charge in [0.05, 0.1) is 18.9 Å². The van der Waals surface area contributed by atoms with Gasteiger partial charge in [-0.2, -0.15) is 0 Å². The van der Waals surface area contributed by atoms with Crippen molar-refractivity contribution < 1.29 is 19.4 Å². The summed E-state index contributed by atoms with van der Waals surface area (Å²) in [5.74, 6) is 0.194. The highest BCUT2D eigenvalue weighted by Crippen LogP contribution is 2.23. The normalized spacial score (nSPS) is 12.2. The van der Waals surface area contributed by atoms with Crippen LogP contribution in [-0.2, 0) is 30.2 Å². The van der Waals surface area contributed by atoms with Crippen LogP contribution in [0.25, 0.3) is 11.2 Å². The van der Waals surface area contributed by atoms with E-state index in [1.165, 1.54) is 23.2 Å². The Morgan fingerprint density at radius 3 is 2.62 bits per heavy atom. The summed E-state index contributed by atoms with van der Waals surface area (Å²) in [5.41, 5.74) is 0.220. The third-order valence-electron chi connectivity index (χ3n) is 4.86. The highest BCUT2D eigenvalue weighted by atomic mass is 32.2. The maximum absolute atomic E-state index is 12.9. The maximum atomic E-state index is 12.9. The maximum Gasteiger partial charge on any atom is 0.332 e. The number of hydrogen-bond donors (Lipinski definition) is 1. The predicted molar refractivity (Wildman–Crippen MR) is 120 cm³/mol. The molecule has 172 valence electrons. The zero-order valence-electron chi connectivity index (χ0n) is 18.4. The van der Waals surface area contributed by atoms with Crippen LogP contribution >= 0.6 is 11.8 Å². The van der Waals surface area contributed by atoms with Crippen LogP contribution in [0, 0.1) is 6.92 Å². The molecule has 32 heavy (non-hydrogen) atoms. The van der Waals surface area contributed by atoms with E-state index in [1.807, 2.05) is 25.1 Å². The minimum Gasteiger partial charge on any atom is -0.491 e. The van der Waals surface area contributed by atoms with E-state index >= 15 is 0 Å². The fourth-order valence-corrected chi connectivity index (χ4v) is 4.00. The number of imidazole rings is 1. The first-order valence-electron chi connectivity index (χ1n) is 10.1. The average Bonchev–Trinajstić information content (AvgIpc) is 3.12. The number of nitrogens with zero attached hydrogens (tertiary/aromatic N) is 4. The smallest absolute Gasteiger partial charge is 0.332 e. The van der Waals surface area contributed by atoms with Gasteiger partial charge in [-0.1, -0.05) is 30.0 Å². The van der Waals surface area contributed by atoms with Crippen molar-refractivity contribution in [2.75, 3.05) is 19.0 Å². The lowest BCUT2D eigenvalue weighted by Gasteiger charge is -2.16. The number of benzene rings is 1. The molecule has 1 atom stereocenters. The minimum absolute atomic E-state index is 0.0129. The van der Waals surface area contributed by atoms with Gasteiger partial charge in [0.15, 0.2) is 16.3 Å². The lowest BCUT2D eigenvalue weighted by molar-refractivity contribution is -0.139. The number of fused-ring (bicyclic) bond motifs is 1. The van der Waals surface area contributed by atoms with Crippen LogP contribution < -0.4 is 16.0 Å². The van der Waals surface area contributed by atoms with Crippen molar-refractivity contribution in [3.8, 4) is 5.75 Å². The molecule has 0 aliphatic rings. The van der Waals surface area contributed by atoms with Gasteiger partial charge in [0.25, 0.3) is 5.56 Å². The second kappa shape index (κ2) is 10.0. The van der Waals surface area contributed by atoms with E-state index in [4.69, 9.17) is 9.47 Å². The fraction of sp³-hybridized carbons (Fsp3) is 0.429. The molecule has 0 fully saturated rings. The van der Waals surface area contributed by atoms with Gasteiger partial charge in [-0.25, -0.2) is 9.78 Å². The molecule has 0 saturated carbocycles. The molecule has 11 heteroatoms. The lowest BCUT2D eigenvalue weighted by atomic mass is 10.2. The van der Waals surface area contributed by atoms with E-state index in [1.54, 1.807) is 13.0 Å². The topological polar surface area (TPSA) is 118 Å². The molecule has 3 rings (SSSR count). The Balaban J connectivity index is 1.94. The number of thioether (sulfide) groups is 1. The van der Waals surface area contributed by atoms with E-state index in [0.717, 1.165) is 21.9 Å². The first-order chi connectivity index (χ1) is 15.2. The first-order valence-corrected chi connectivity index (χ1v) is 11.0. The molecule has 2 heterocycles. The number of aryl methyl sites for hydroxylation is 2. The van der Waals surface area contributed by atoms with Crippen molar-refractivity contribution >= 4 is 28.9 Å². The van der Waals surface area contributed by atoms with Gasteiger partial charge < -0.3 is 19.1 Å². The molecule has 1 unspecified atom stereocenters. The van der Waals surface area contributed by atoms with Gasteiger partial charge in [-0.05, 0) is 25.5 Å². The van der Waals surface area contributed by atoms with Crippen molar-refractivity contribution in [1.82, 2.24) is 18.7 Å². The number of esters is 1. The third kappa shape index (κ3) is 4.89. The molecule has 1 N–H and O–H groups in total. The van der Waals surface area contributed by atoms with Crippen LogP contribution in [0.1, 0.15) is 12.5 Å². The van der Waals surface area contributed by atoms with Gasteiger partial charge in [0.2, 0.25) is 0 Å². The molecule has 1 aromatic carbocycles. The van der Waals surface area contributed by atoms with Crippen molar-refractivity contribution in [3.63, 3.8) is 0 Å². The standard InChI is InChI=1S/C21H26N4O6S/c1-5-30-16(27)12-32-20-22-18-17(19(28)24(4)21(29)23(18)3)25(20)10-14(26)11-31-15-9-7-6-8-13(15)2/h6-9,14,26H,5,10-12H2,1-4H3. The zero-order valence-corrected chi connectivity index (χ0v) is 19.2. The SMILES string of the molecule is CCOC(=O)CSc1nc2c(c(=O)n(C)c(=O)n2C)n1CC(O)COc1ccccc1C. The summed E-state index contributed by atoms with van der Waals surface area (Å²) >= 11 is 1.07. The van der Waals surface area contributed by atoms with Crippen molar-refractivity contribution in [2.45, 2.75) is 31.7 Å². The predicted octanol–water partition coefficient (Wildman–Crippen LogP) is 0.837. The average molecular weight is 463 g/mol. The Bertz CT molecular complexity index is 1250. The molecule has 0 spiro atoms. The highest BCUT2D eigenvalue weighted by molar-refractivity contribution is 7.99. The van der Waals surface area contributed by atoms with Crippen LogP contribution in [-0.4, -0.2) is 54.8 Å². The fourth-order valence-electron chi connectivity index (χ4n) is 3.20. The molecular weight excluding hydrogens is 436 g/mol. The molecule has 0 aliphatic heterocycles. The summed E-state index contributed by atoms with van der Waals surface area (Å²) in [4.78, 5) is 41.4. The van der Waals surface area contributed by atoms with Gasteiger partial charge in [0, 0.05) is 14.1 Å². The molecule has 0 aliphatic carbocycles. The van der Waals surface area contributed by atoms with E-state index in [2.05, 4.69) is 4.98 Å². The van der Waals surface area contributed by atoms with Crippen LogP contribution in [0.3, 0.4) is 0 Å². The number of ether oxygens (including phenoxy) is 2. The van der Waals surface area contributed by atoms with Crippen LogP contribution in [0.5, 0.6) is 5.75 Å². The van der Waals surface area contributed by atoms with Crippen LogP contribution in [0.2, 0.25) is 0 Å². The second-order valence-electron chi connectivity index (χ2n) is 7.21. The summed E-state index contributed by atoms with van der Waals surface area (Å²) in [6, 6.07) is 7.44. The summed E-state index contributed by atoms with van der Waals surface area (Å²) in [5, 5.41) is 11.0. The zero-order chi connectivity index (χ0) is 23.4. The molecular formula is C21H26N4O6S. The number of rotatable bonds is 9.